The van der Waals surface area contributed by atoms with Gasteiger partial charge in [0, 0.05) is 44.1 Å². The highest BCUT2D eigenvalue weighted by Crippen LogP contribution is 2.37. The maximum Gasteiger partial charge on any atom is 0.266 e. The molecule has 0 aliphatic carbocycles. The molecule has 3 aliphatic rings. The van der Waals surface area contributed by atoms with Crippen molar-refractivity contribution in [3.8, 4) is 5.75 Å². The molecule has 1 unspecified atom stereocenters. The third kappa shape index (κ3) is 4.63. The highest BCUT2D eigenvalue weighted by atomic mass is 32.2. The summed E-state index contributed by atoms with van der Waals surface area (Å²) in [6.07, 6.45) is 8.84. The summed E-state index contributed by atoms with van der Waals surface area (Å²) in [4.78, 5) is 11.3. The molecule has 1 atom stereocenters. The van der Waals surface area contributed by atoms with Gasteiger partial charge in [-0.15, -0.1) is 0 Å². The molecule has 0 aromatic carbocycles. The van der Waals surface area contributed by atoms with Crippen molar-refractivity contribution in [1.82, 2.24) is 19.4 Å². The van der Waals surface area contributed by atoms with Gasteiger partial charge in [0.15, 0.2) is 0 Å². The molecule has 0 N–H and O–H groups in total. The van der Waals surface area contributed by atoms with Crippen LogP contribution in [0.1, 0.15) is 56.2 Å². The highest BCUT2D eigenvalue weighted by molar-refractivity contribution is 7.88. The minimum absolute atomic E-state index is 0.164. The molecule has 10 heteroatoms. The zero-order valence-corrected chi connectivity index (χ0v) is 20.2. The maximum atomic E-state index is 11.7. The zero-order chi connectivity index (χ0) is 23.2. The fourth-order valence-corrected chi connectivity index (χ4v) is 5.62. The fourth-order valence-electron chi connectivity index (χ4n) is 4.86. The number of rotatable bonds is 5. The number of anilines is 1. The Balaban J connectivity index is 1.20. The average molecular weight is 474 g/mol. The second-order valence-electron chi connectivity index (χ2n) is 9.55. The van der Waals surface area contributed by atoms with Crippen molar-refractivity contribution in [1.29, 1.82) is 0 Å². The molecule has 178 valence electrons. The number of piperidine rings is 1. The van der Waals surface area contributed by atoms with E-state index in [4.69, 9.17) is 9.26 Å². The first kappa shape index (κ1) is 22.3. The number of aromatic nitrogens is 3. The molecule has 1 fully saturated rings. The Hall–Kier alpha value is -2.46. The number of ether oxygens (including phenoxy) is 1. The first-order valence-corrected chi connectivity index (χ1v) is 13.5. The first-order chi connectivity index (χ1) is 15.8. The lowest BCUT2D eigenvalue weighted by molar-refractivity contribution is 0.138. The Morgan fingerprint density at radius 2 is 1.97 bits per heavy atom. The lowest BCUT2D eigenvalue weighted by Crippen LogP contribution is -2.39. The van der Waals surface area contributed by atoms with E-state index in [1.807, 2.05) is 26.1 Å². The van der Waals surface area contributed by atoms with Gasteiger partial charge in [-0.2, -0.15) is 9.29 Å². The molecule has 3 aliphatic heterocycles. The molecule has 0 saturated carbocycles. The molecular weight excluding hydrogens is 442 g/mol. The predicted octanol–water partition coefficient (Wildman–Crippen LogP) is 2.86. The maximum absolute atomic E-state index is 11.7. The van der Waals surface area contributed by atoms with E-state index in [-0.39, 0.29) is 12.0 Å². The van der Waals surface area contributed by atoms with E-state index in [0.717, 1.165) is 49.4 Å². The number of fused-ring (bicyclic) bond motifs is 1. The molecule has 2 aromatic rings. The Morgan fingerprint density at radius 1 is 1.18 bits per heavy atom. The monoisotopic (exact) mass is 473 g/mol. The van der Waals surface area contributed by atoms with E-state index < -0.39 is 10.0 Å². The van der Waals surface area contributed by atoms with Gasteiger partial charge in [0.1, 0.15) is 11.9 Å². The van der Waals surface area contributed by atoms with Crippen LogP contribution in [0.15, 0.2) is 22.9 Å². The van der Waals surface area contributed by atoms with E-state index in [9.17, 15) is 8.42 Å². The van der Waals surface area contributed by atoms with E-state index in [1.54, 1.807) is 0 Å². The summed E-state index contributed by atoms with van der Waals surface area (Å²) < 4.78 is 36.6. The van der Waals surface area contributed by atoms with E-state index >= 15 is 0 Å². The summed E-state index contributed by atoms with van der Waals surface area (Å²) in [6.45, 7) is 6.79. The van der Waals surface area contributed by atoms with Crippen molar-refractivity contribution < 1.29 is 17.7 Å². The van der Waals surface area contributed by atoms with Gasteiger partial charge < -0.3 is 14.2 Å². The minimum atomic E-state index is -3.15. The Labute approximate surface area is 194 Å². The van der Waals surface area contributed by atoms with Gasteiger partial charge in [0.2, 0.25) is 15.9 Å². The van der Waals surface area contributed by atoms with Gasteiger partial charge >= 0.3 is 0 Å². The van der Waals surface area contributed by atoms with Crippen LogP contribution in [0.5, 0.6) is 5.75 Å². The molecule has 5 rings (SSSR count). The lowest BCUT2D eigenvalue weighted by atomic mass is 9.89. The number of hydrogen-bond donors (Lipinski definition) is 0. The predicted molar refractivity (Wildman–Crippen MR) is 125 cm³/mol. The van der Waals surface area contributed by atoms with Crippen LogP contribution in [-0.2, 0) is 16.4 Å². The Kier molecular flexibility index (Phi) is 5.90. The van der Waals surface area contributed by atoms with Gasteiger partial charge in [0.05, 0.1) is 18.1 Å². The van der Waals surface area contributed by atoms with Crippen LogP contribution in [-0.4, -0.2) is 66.4 Å². The van der Waals surface area contributed by atoms with Crippen LogP contribution in [0, 0.1) is 5.92 Å². The summed E-state index contributed by atoms with van der Waals surface area (Å²) in [7, 11) is -3.15. The third-order valence-electron chi connectivity index (χ3n) is 6.89. The van der Waals surface area contributed by atoms with Crippen LogP contribution < -0.4 is 9.64 Å². The molecule has 2 aromatic heterocycles. The SMILES string of the molecule is CC(C)c1nc(N2CCC(C3Cc4cc(C5=CCN(S(C)(=O)=O)CC5)ncc4O3)CC2)no1. The Bertz CT molecular complexity index is 1150. The normalized spacial score (nSPS) is 22.4. The molecule has 33 heavy (non-hydrogen) atoms. The van der Waals surface area contributed by atoms with Crippen molar-refractivity contribution in [2.24, 2.45) is 5.92 Å². The summed E-state index contributed by atoms with van der Waals surface area (Å²) in [5, 5.41) is 4.15. The number of hydrogen-bond acceptors (Lipinski definition) is 8. The first-order valence-electron chi connectivity index (χ1n) is 11.7. The largest absolute Gasteiger partial charge is 0.488 e. The Morgan fingerprint density at radius 3 is 2.61 bits per heavy atom. The van der Waals surface area contributed by atoms with Crippen molar-refractivity contribution in [2.45, 2.75) is 51.6 Å². The van der Waals surface area contributed by atoms with Gasteiger partial charge in [-0.05, 0) is 42.0 Å². The van der Waals surface area contributed by atoms with Crippen LogP contribution in [0.2, 0.25) is 0 Å². The summed E-state index contributed by atoms with van der Waals surface area (Å²) in [6, 6.07) is 2.12. The molecule has 0 bridgehead atoms. The standard InChI is InChI=1S/C23H31N5O4S/c1-15(2)22-25-23(26-32-22)27-8-4-17(5-9-27)20-13-18-12-19(24-14-21(18)31-20)16-6-10-28(11-7-16)33(3,29)30/h6,12,14-15,17,20H,4-5,7-11,13H2,1-3H3. The summed E-state index contributed by atoms with van der Waals surface area (Å²) in [5.74, 6) is 2.96. The van der Waals surface area contributed by atoms with E-state index in [2.05, 4.69) is 26.1 Å². The van der Waals surface area contributed by atoms with E-state index in [0.29, 0.717) is 37.3 Å². The molecule has 0 radical (unpaired) electrons. The van der Waals surface area contributed by atoms with Crippen molar-refractivity contribution in [2.75, 3.05) is 37.3 Å². The smallest absolute Gasteiger partial charge is 0.266 e. The van der Waals surface area contributed by atoms with Crippen LogP contribution >= 0.6 is 0 Å². The van der Waals surface area contributed by atoms with Gasteiger partial charge in [-0.3, -0.25) is 4.98 Å². The summed E-state index contributed by atoms with van der Waals surface area (Å²) >= 11 is 0. The number of nitrogens with zero attached hydrogens (tertiary/aromatic N) is 5. The van der Waals surface area contributed by atoms with Crippen molar-refractivity contribution in [3.05, 3.63) is 35.5 Å². The molecule has 1 saturated heterocycles. The molecule has 0 amide bonds. The average Bonchev–Trinajstić information content (AvgIpc) is 3.46. The highest BCUT2D eigenvalue weighted by Gasteiger charge is 2.34. The number of pyridine rings is 1. The zero-order valence-electron chi connectivity index (χ0n) is 19.4. The second kappa shape index (κ2) is 8.72. The second-order valence-corrected chi connectivity index (χ2v) is 11.5. The molecule has 9 nitrogen and oxygen atoms in total. The molecular formula is C23H31N5O4S. The quantitative estimate of drug-likeness (QED) is 0.653. The van der Waals surface area contributed by atoms with Gasteiger partial charge in [-0.1, -0.05) is 19.9 Å². The topological polar surface area (TPSA) is 102 Å². The third-order valence-corrected chi connectivity index (χ3v) is 8.16. The van der Waals surface area contributed by atoms with Crippen molar-refractivity contribution in [3.63, 3.8) is 0 Å². The van der Waals surface area contributed by atoms with Crippen LogP contribution in [0.4, 0.5) is 5.95 Å². The number of sulfonamides is 1. The van der Waals surface area contributed by atoms with Crippen LogP contribution in [0.25, 0.3) is 5.57 Å². The van der Waals surface area contributed by atoms with Gasteiger partial charge in [0.25, 0.3) is 5.95 Å². The lowest BCUT2D eigenvalue weighted by Gasteiger charge is -2.33. The molecule has 5 heterocycles. The fraction of sp³-hybridized carbons (Fsp3) is 0.609. The minimum Gasteiger partial charge on any atom is -0.488 e. The van der Waals surface area contributed by atoms with Crippen molar-refractivity contribution >= 4 is 21.5 Å². The van der Waals surface area contributed by atoms with Crippen LogP contribution in [0.3, 0.4) is 0 Å². The summed E-state index contributed by atoms with van der Waals surface area (Å²) in [5.41, 5.74) is 3.23. The molecule has 0 spiro atoms. The van der Waals surface area contributed by atoms with E-state index in [1.165, 1.54) is 16.1 Å². The van der Waals surface area contributed by atoms with Gasteiger partial charge in [-0.25, -0.2) is 8.42 Å².